The van der Waals surface area contributed by atoms with E-state index >= 15 is 0 Å². The highest BCUT2D eigenvalue weighted by atomic mass is 32.2. The fraction of sp³-hybridized carbons (Fsp3) is 0.167. The van der Waals surface area contributed by atoms with Crippen LogP contribution >= 0.6 is 11.8 Å². The van der Waals surface area contributed by atoms with Gasteiger partial charge in [0.15, 0.2) is 17.1 Å². The summed E-state index contributed by atoms with van der Waals surface area (Å²) >= 11 is 1.32. The minimum absolute atomic E-state index is 0.196. The summed E-state index contributed by atoms with van der Waals surface area (Å²) in [5, 5.41) is 10.7. The number of fused-ring (bicyclic) bond motifs is 1. The van der Waals surface area contributed by atoms with Crippen LogP contribution < -0.4 is 5.56 Å². The lowest BCUT2D eigenvalue weighted by atomic mass is 10.2. The molecule has 2 aromatic rings. The topological polar surface area (TPSA) is 85.1 Å². The molecule has 0 spiro atoms. The predicted molar refractivity (Wildman–Crippen MR) is 72.8 cm³/mol. The number of allylic oxidation sites excluding steroid dienone is 1. The van der Waals surface area contributed by atoms with Gasteiger partial charge >= 0.3 is 0 Å². The molecule has 0 aliphatic carbocycles. The number of pyridine rings is 1. The van der Waals surface area contributed by atoms with E-state index in [0.717, 1.165) is 0 Å². The number of carbonyl (C=O) groups is 1. The average molecular weight is 277 g/mol. The average Bonchev–Trinajstić information content (AvgIpc) is 2.43. The zero-order valence-electron chi connectivity index (χ0n) is 10.2. The second kappa shape index (κ2) is 5.23. The molecule has 98 valence electrons. The number of aromatic hydroxyl groups is 1. The van der Waals surface area contributed by atoms with Crippen molar-refractivity contribution in [1.29, 1.82) is 0 Å². The molecule has 0 radical (unpaired) electrons. The molecule has 0 amide bonds. The van der Waals surface area contributed by atoms with Crippen LogP contribution in [0.4, 0.5) is 0 Å². The highest BCUT2D eigenvalue weighted by Gasteiger charge is 2.17. The van der Waals surface area contributed by atoms with Gasteiger partial charge < -0.3 is 5.11 Å². The second-order valence-electron chi connectivity index (χ2n) is 3.68. The summed E-state index contributed by atoms with van der Waals surface area (Å²) in [4.78, 5) is 31.2. The molecule has 0 aromatic carbocycles. The van der Waals surface area contributed by atoms with E-state index in [2.05, 4.69) is 16.5 Å². The first-order chi connectivity index (χ1) is 9.13. The van der Waals surface area contributed by atoms with Crippen LogP contribution in [0.2, 0.25) is 0 Å². The van der Waals surface area contributed by atoms with E-state index in [-0.39, 0.29) is 28.9 Å². The minimum Gasteiger partial charge on any atom is -0.506 e. The summed E-state index contributed by atoms with van der Waals surface area (Å²) in [5.41, 5.74) is -0.604. The van der Waals surface area contributed by atoms with Crippen LogP contribution in [0.15, 0.2) is 28.8 Å². The third-order valence-electron chi connectivity index (χ3n) is 2.60. The van der Waals surface area contributed by atoms with Crippen LogP contribution in [0.25, 0.3) is 11.0 Å². The van der Waals surface area contributed by atoms with Crippen LogP contribution in [-0.4, -0.2) is 32.2 Å². The number of carbonyl (C=O) groups excluding carboxylic acids is 1. The lowest BCUT2D eigenvalue weighted by molar-refractivity contribution is 0.111. The Bertz CT molecular complexity index is 724. The molecule has 0 atom stereocenters. The molecule has 2 rings (SSSR count). The van der Waals surface area contributed by atoms with Crippen molar-refractivity contribution < 1.29 is 9.90 Å². The molecule has 2 heterocycles. The Labute approximate surface area is 112 Å². The summed E-state index contributed by atoms with van der Waals surface area (Å²) in [6.45, 7) is 3.76. The highest BCUT2D eigenvalue weighted by Crippen LogP contribution is 2.25. The van der Waals surface area contributed by atoms with Gasteiger partial charge in [-0.05, 0) is 6.26 Å². The molecular weight excluding hydrogens is 266 g/mol. The quantitative estimate of drug-likeness (QED) is 0.391. The molecule has 2 aromatic heterocycles. The van der Waals surface area contributed by atoms with E-state index in [1.807, 2.05) is 0 Å². The molecule has 0 saturated heterocycles. The third kappa shape index (κ3) is 2.12. The number of rotatable bonds is 4. The van der Waals surface area contributed by atoms with Crippen LogP contribution in [-0.2, 0) is 6.54 Å². The van der Waals surface area contributed by atoms with Crippen LogP contribution in [0, 0.1) is 0 Å². The maximum atomic E-state index is 12.1. The molecule has 6 nitrogen and oxygen atoms in total. The van der Waals surface area contributed by atoms with E-state index in [1.165, 1.54) is 28.6 Å². The fourth-order valence-electron chi connectivity index (χ4n) is 1.72. The standard InChI is InChI=1S/C12H11N3O3S/c1-3-4-15-10-7(5-13-12(14-10)19-2)9(17)8(6-16)11(15)18/h3,5-6,17H,1,4H2,2H3. The van der Waals surface area contributed by atoms with Crippen LogP contribution in [0.5, 0.6) is 5.75 Å². The smallest absolute Gasteiger partial charge is 0.266 e. The Hall–Kier alpha value is -2.15. The molecular formula is C12H11N3O3S. The number of aromatic nitrogens is 3. The van der Waals surface area contributed by atoms with Gasteiger partial charge in [-0.3, -0.25) is 14.2 Å². The highest BCUT2D eigenvalue weighted by molar-refractivity contribution is 7.98. The van der Waals surface area contributed by atoms with Gasteiger partial charge in [-0.25, -0.2) is 9.97 Å². The lowest BCUT2D eigenvalue weighted by Crippen LogP contribution is -2.24. The lowest BCUT2D eigenvalue weighted by Gasteiger charge is -2.10. The summed E-state index contributed by atoms with van der Waals surface area (Å²) in [6, 6.07) is 0. The third-order valence-corrected chi connectivity index (χ3v) is 3.16. The van der Waals surface area contributed by atoms with E-state index in [4.69, 9.17) is 0 Å². The monoisotopic (exact) mass is 277 g/mol. The van der Waals surface area contributed by atoms with Gasteiger partial charge in [0.2, 0.25) is 0 Å². The van der Waals surface area contributed by atoms with E-state index in [0.29, 0.717) is 11.4 Å². The molecule has 7 heteroatoms. The molecule has 0 saturated carbocycles. The zero-order valence-corrected chi connectivity index (χ0v) is 11.0. The number of hydrogen-bond donors (Lipinski definition) is 1. The van der Waals surface area contributed by atoms with Gasteiger partial charge in [-0.1, -0.05) is 17.8 Å². The van der Waals surface area contributed by atoms with Crippen molar-refractivity contribution in [2.24, 2.45) is 0 Å². The van der Waals surface area contributed by atoms with Gasteiger partial charge in [0, 0.05) is 12.7 Å². The first-order valence-corrected chi connectivity index (χ1v) is 6.59. The summed E-state index contributed by atoms with van der Waals surface area (Å²) in [7, 11) is 0. The first kappa shape index (κ1) is 13.3. The second-order valence-corrected chi connectivity index (χ2v) is 4.45. The predicted octanol–water partition coefficient (Wildman–Crippen LogP) is 1.22. The van der Waals surface area contributed by atoms with Crippen molar-refractivity contribution in [2.75, 3.05) is 6.26 Å². The molecule has 0 unspecified atom stereocenters. The number of hydrogen-bond acceptors (Lipinski definition) is 6. The summed E-state index contributed by atoms with van der Waals surface area (Å²) < 4.78 is 1.28. The summed E-state index contributed by atoms with van der Waals surface area (Å²) in [6.07, 6.45) is 5.05. The Morgan fingerprint density at radius 1 is 1.58 bits per heavy atom. The molecule has 0 aliphatic rings. The normalized spacial score (nSPS) is 10.6. The van der Waals surface area contributed by atoms with E-state index in [1.54, 1.807) is 6.26 Å². The van der Waals surface area contributed by atoms with Crippen molar-refractivity contribution in [2.45, 2.75) is 11.7 Å². The zero-order chi connectivity index (χ0) is 14.0. The maximum absolute atomic E-state index is 12.1. The SMILES string of the molecule is C=CCn1c(=O)c(C=O)c(O)c2cnc(SC)nc21. The van der Waals surface area contributed by atoms with Crippen molar-refractivity contribution in [1.82, 2.24) is 14.5 Å². The van der Waals surface area contributed by atoms with Gasteiger partial charge in [0.1, 0.15) is 11.3 Å². The molecule has 1 N–H and O–H groups in total. The van der Waals surface area contributed by atoms with E-state index < -0.39 is 5.56 Å². The Morgan fingerprint density at radius 3 is 2.89 bits per heavy atom. The number of nitrogens with zero attached hydrogens (tertiary/aromatic N) is 3. The van der Waals surface area contributed by atoms with Crippen molar-refractivity contribution in [3.05, 3.63) is 34.8 Å². The number of aldehydes is 1. The summed E-state index contributed by atoms with van der Waals surface area (Å²) in [5.74, 6) is -0.386. The molecule has 0 bridgehead atoms. The van der Waals surface area contributed by atoms with Crippen molar-refractivity contribution in [3.8, 4) is 5.75 Å². The fourth-order valence-corrected chi connectivity index (χ4v) is 2.06. The van der Waals surface area contributed by atoms with Crippen molar-refractivity contribution in [3.63, 3.8) is 0 Å². The first-order valence-electron chi connectivity index (χ1n) is 5.36. The molecule has 0 fully saturated rings. The van der Waals surface area contributed by atoms with Gasteiger partial charge in [0.25, 0.3) is 5.56 Å². The molecule has 0 aliphatic heterocycles. The Morgan fingerprint density at radius 2 is 2.32 bits per heavy atom. The van der Waals surface area contributed by atoms with Gasteiger partial charge in [-0.15, -0.1) is 6.58 Å². The minimum atomic E-state index is -0.592. The van der Waals surface area contributed by atoms with Gasteiger partial charge in [0.05, 0.1) is 5.39 Å². The van der Waals surface area contributed by atoms with Crippen molar-refractivity contribution >= 4 is 29.1 Å². The molecule has 19 heavy (non-hydrogen) atoms. The van der Waals surface area contributed by atoms with Gasteiger partial charge in [-0.2, -0.15) is 0 Å². The largest absolute Gasteiger partial charge is 0.506 e. The van der Waals surface area contributed by atoms with Crippen LogP contribution in [0.3, 0.4) is 0 Å². The Kier molecular flexibility index (Phi) is 3.66. The maximum Gasteiger partial charge on any atom is 0.266 e. The van der Waals surface area contributed by atoms with E-state index in [9.17, 15) is 14.7 Å². The van der Waals surface area contributed by atoms with Crippen LogP contribution in [0.1, 0.15) is 10.4 Å². The number of thioether (sulfide) groups is 1. The Balaban J connectivity index is 2.96.